The van der Waals surface area contributed by atoms with Gasteiger partial charge in [-0.05, 0) is 31.4 Å². The van der Waals surface area contributed by atoms with Crippen LogP contribution in [0.15, 0.2) is 24.3 Å². The van der Waals surface area contributed by atoms with Crippen LogP contribution in [-0.4, -0.2) is 5.54 Å². The van der Waals surface area contributed by atoms with Crippen LogP contribution in [0.25, 0.3) is 0 Å². The van der Waals surface area contributed by atoms with Crippen molar-refractivity contribution in [2.24, 2.45) is 0 Å². The Morgan fingerprint density at radius 1 is 1.25 bits per heavy atom. The van der Waals surface area contributed by atoms with Gasteiger partial charge in [0.1, 0.15) is 0 Å². The van der Waals surface area contributed by atoms with Crippen LogP contribution in [0.5, 0.6) is 0 Å². The Kier molecular flexibility index (Phi) is 1.69. The highest BCUT2D eigenvalue weighted by atomic mass is 15.0. The molecule has 1 nitrogen and oxygen atoms in total. The summed E-state index contributed by atoms with van der Waals surface area (Å²) >= 11 is 0. The van der Waals surface area contributed by atoms with E-state index in [9.17, 15) is 0 Å². The summed E-state index contributed by atoms with van der Waals surface area (Å²) in [5.41, 5.74) is 2.99. The van der Waals surface area contributed by atoms with Gasteiger partial charge in [0.25, 0.3) is 0 Å². The molecule has 1 heteroatoms. The fourth-order valence-corrected chi connectivity index (χ4v) is 1.64. The maximum absolute atomic E-state index is 3.39. The lowest BCUT2D eigenvalue weighted by Gasteiger charge is -2.32. The van der Waals surface area contributed by atoms with E-state index in [1.807, 2.05) is 0 Å². The average Bonchev–Trinajstić information content (AvgIpc) is 2.02. The largest absolute Gasteiger partial charge is 0.303 e. The SMILES string of the molecule is CC1(C)Cc2ccccc2[CH]N1. The van der Waals surface area contributed by atoms with E-state index >= 15 is 0 Å². The van der Waals surface area contributed by atoms with Gasteiger partial charge in [-0.25, -0.2) is 0 Å². The molecule has 63 valence electrons. The van der Waals surface area contributed by atoms with Crippen LogP contribution in [0.2, 0.25) is 0 Å². The molecule has 1 aliphatic rings. The fraction of sp³-hybridized carbons (Fsp3) is 0.364. The molecular weight excluding hydrogens is 146 g/mol. The van der Waals surface area contributed by atoms with E-state index in [1.165, 1.54) is 11.1 Å². The summed E-state index contributed by atoms with van der Waals surface area (Å²) in [6.07, 6.45) is 1.11. The van der Waals surface area contributed by atoms with Gasteiger partial charge in [-0.15, -0.1) is 0 Å². The lowest BCUT2D eigenvalue weighted by atomic mass is 9.88. The average molecular weight is 160 g/mol. The molecule has 1 aromatic rings. The Morgan fingerprint density at radius 2 is 2.00 bits per heavy atom. The van der Waals surface area contributed by atoms with E-state index in [2.05, 4.69) is 50.0 Å². The van der Waals surface area contributed by atoms with Crippen LogP contribution in [0.4, 0.5) is 0 Å². The van der Waals surface area contributed by atoms with Crippen LogP contribution in [0.1, 0.15) is 25.0 Å². The Balaban J connectivity index is 2.35. The Hall–Kier alpha value is -0.820. The normalized spacial score (nSPS) is 20.2. The van der Waals surface area contributed by atoms with Gasteiger partial charge in [0, 0.05) is 5.54 Å². The number of rotatable bonds is 0. The quantitative estimate of drug-likeness (QED) is 0.613. The molecule has 1 N–H and O–H groups in total. The van der Waals surface area contributed by atoms with E-state index in [0.717, 1.165) is 6.42 Å². The van der Waals surface area contributed by atoms with Crippen LogP contribution < -0.4 is 5.32 Å². The third kappa shape index (κ3) is 1.37. The van der Waals surface area contributed by atoms with Crippen molar-refractivity contribution in [1.82, 2.24) is 5.32 Å². The molecule has 1 aromatic carbocycles. The molecule has 0 saturated carbocycles. The minimum atomic E-state index is 0.217. The molecule has 0 bridgehead atoms. The molecule has 0 spiro atoms. The molecule has 12 heavy (non-hydrogen) atoms. The zero-order chi connectivity index (χ0) is 8.60. The first-order valence-electron chi connectivity index (χ1n) is 4.36. The molecule has 0 aliphatic carbocycles. The van der Waals surface area contributed by atoms with Gasteiger partial charge in [0.15, 0.2) is 0 Å². The monoisotopic (exact) mass is 160 g/mol. The Morgan fingerprint density at radius 3 is 2.83 bits per heavy atom. The molecular formula is C11H14N. The summed E-state index contributed by atoms with van der Waals surface area (Å²) in [5.74, 6) is 0. The molecule has 2 rings (SSSR count). The second-order valence-electron chi connectivity index (χ2n) is 4.05. The summed E-state index contributed by atoms with van der Waals surface area (Å²) in [7, 11) is 0. The summed E-state index contributed by atoms with van der Waals surface area (Å²) in [4.78, 5) is 0. The second kappa shape index (κ2) is 2.60. The van der Waals surface area contributed by atoms with Crippen LogP contribution in [-0.2, 0) is 6.42 Å². The molecule has 1 heterocycles. The maximum atomic E-state index is 3.39. The van der Waals surface area contributed by atoms with Crippen LogP contribution in [0, 0.1) is 6.54 Å². The predicted octanol–water partition coefficient (Wildman–Crippen LogP) is 2.12. The highest BCUT2D eigenvalue weighted by molar-refractivity contribution is 5.36. The molecule has 0 aromatic heterocycles. The van der Waals surface area contributed by atoms with E-state index in [1.54, 1.807) is 0 Å². The molecule has 0 saturated heterocycles. The van der Waals surface area contributed by atoms with E-state index < -0.39 is 0 Å². The van der Waals surface area contributed by atoms with Crippen molar-refractivity contribution in [2.45, 2.75) is 25.8 Å². The van der Waals surface area contributed by atoms with Gasteiger partial charge < -0.3 is 5.32 Å². The van der Waals surface area contributed by atoms with Gasteiger partial charge in [0.05, 0.1) is 6.54 Å². The third-order valence-electron chi connectivity index (χ3n) is 2.31. The topological polar surface area (TPSA) is 12.0 Å². The van der Waals surface area contributed by atoms with Crippen molar-refractivity contribution in [3.8, 4) is 0 Å². The minimum absolute atomic E-state index is 0.217. The fourth-order valence-electron chi connectivity index (χ4n) is 1.64. The van der Waals surface area contributed by atoms with Crippen molar-refractivity contribution in [2.75, 3.05) is 0 Å². The van der Waals surface area contributed by atoms with Crippen molar-refractivity contribution in [3.05, 3.63) is 41.9 Å². The molecule has 0 atom stereocenters. The highest BCUT2D eigenvalue weighted by Gasteiger charge is 2.23. The van der Waals surface area contributed by atoms with Crippen LogP contribution >= 0.6 is 0 Å². The number of benzene rings is 1. The van der Waals surface area contributed by atoms with Crippen molar-refractivity contribution in [3.63, 3.8) is 0 Å². The standard InChI is InChI=1S/C11H14N/c1-11(2)7-9-5-3-4-6-10(9)8-12-11/h3-6,8,12H,7H2,1-2H3. The maximum Gasteiger partial charge on any atom is 0.0525 e. The molecule has 1 radical (unpaired) electrons. The predicted molar refractivity (Wildman–Crippen MR) is 50.8 cm³/mol. The van der Waals surface area contributed by atoms with E-state index in [4.69, 9.17) is 0 Å². The number of fused-ring (bicyclic) bond motifs is 1. The first-order valence-corrected chi connectivity index (χ1v) is 4.36. The minimum Gasteiger partial charge on any atom is -0.303 e. The third-order valence-corrected chi connectivity index (χ3v) is 2.31. The van der Waals surface area contributed by atoms with Gasteiger partial charge >= 0.3 is 0 Å². The first-order chi connectivity index (χ1) is 5.67. The van der Waals surface area contributed by atoms with Crippen molar-refractivity contribution >= 4 is 0 Å². The van der Waals surface area contributed by atoms with Crippen LogP contribution in [0.3, 0.4) is 0 Å². The lowest BCUT2D eigenvalue weighted by molar-refractivity contribution is 0.410. The Bertz CT molecular complexity index is 289. The summed E-state index contributed by atoms with van der Waals surface area (Å²) in [6, 6.07) is 8.54. The molecule has 0 fully saturated rings. The zero-order valence-electron chi connectivity index (χ0n) is 7.59. The second-order valence-corrected chi connectivity index (χ2v) is 4.05. The summed E-state index contributed by atoms with van der Waals surface area (Å²) in [5, 5.41) is 3.39. The molecule has 0 unspecified atom stereocenters. The molecule has 0 amide bonds. The number of nitrogens with one attached hydrogen (secondary N) is 1. The van der Waals surface area contributed by atoms with Gasteiger partial charge in [-0.1, -0.05) is 24.3 Å². The highest BCUT2D eigenvalue weighted by Crippen LogP contribution is 2.22. The summed E-state index contributed by atoms with van der Waals surface area (Å²) < 4.78 is 0. The van der Waals surface area contributed by atoms with E-state index in [0.29, 0.717) is 0 Å². The van der Waals surface area contributed by atoms with Crippen molar-refractivity contribution in [1.29, 1.82) is 0 Å². The summed E-state index contributed by atoms with van der Waals surface area (Å²) in [6.45, 7) is 6.55. The lowest BCUT2D eigenvalue weighted by Crippen LogP contribution is -2.43. The number of hydrogen-bond acceptors (Lipinski definition) is 1. The van der Waals surface area contributed by atoms with Gasteiger partial charge in [-0.2, -0.15) is 0 Å². The Labute approximate surface area is 73.8 Å². The van der Waals surface area contributed by atoms with Gasteiger partial charge in [-0.3, -0.25) is 0 Å². The number of hydrogen-bond donors (Lipinski definition) is 1. The van der Waals surface area contributed by atoms with E-state index in [-0.39, 0.29) is 5.54 Å². The van der Waals surface area contributed by atoms with Gasteiger partial charge in [0.2, 0.25) is 0 Å². The first kappa shape index (κ1) is 7.81. The zero-order valence-corrected chi connectivity index (χ0v) is 7.59. The molecule has 1 aliphatic heterocycles. The smallest absolute Gasteiger partial charge is 0.0525 e. The van der Waals surface area contributed by atoms with Crippen molar-refractivity contribution < 1.29 is 0 Å².